The van der Waals surface area contributed by atoms with Crippen molar-refractivity contribution in [2.75, 3.05) is 0 Å². The van der Waals surface area contributed by atoms with Crippen molar-refractivity contribution in [3.05, 3.63) is 0 Å². The van der Waals surface area contributed by atoms with Crippen LogP contribution >= 0.6 is 0 Å². The minimum absolute atomic E-state index is 0.547. The first-order valence-corrected chi connectivity index (χ1v) is 8.69. The Morgan fingerprint density at radius 1 is 0.737 bits per heavy atom. The molecule has 0 aromatic rings. The van der Waals surface area contributed by atoms with Gasteiger partial charge in [-0.15, -0.1) is 0 Å². The summed E-state index contributed by atoms with van der Waals surface area (Å²) < 4.78 is 0. The molecule has 0 aromatic heterocycles. The Hall–Kier alpha value is 0. The van der Waals surface area contributed by atoms with Crippen molar-refractivity contribution in [3.8, 4) is 0 Å². The predicted molar refractivity (Wildman–Crippen MR) is 89.5 cm³/mol. The lowest BCUT2D eigenvalue weighted by atomic mass is 9.76. The minimum atomic E-state index is 0.547. The Morgan fingerprint density at radius 3 is 1.74 bits per heavy atom. The maximum atomic E-state index is 2.45. The summed E-state index contributed by atoms with van der Waals surface area (Å²) in [6, 6.07) is 0. The van der Waals surface area contributed by atoms with Gasteiger partial charge < -0.3 is 0 Å². The van der Waals surface area contributed by atoms with E-state index in [0.717, 1.165) is 23.7 Å². The molecule has 0 N–H and O–H groups in total. The molecule has 0 heteroatoms. The van der Waals surface area contributed by atoms with Crippen LogP contribution in [0.5, 0.6) is 0 Å². The van der Waals surface area contributed by atoms with Crippen LogP contribution in [-0.2, 0) is 0 Å². The van der Waals surface area contributed by atoms with Gasteiger partial charge in [-0.25, -0.2) is 0 Å². The SMILES string of the molecule is CCCC(C)(C)CCC(CCC(C)C(C)C)C(C)C. The molecule has 0 amide bonds. The average molecular weight is 269 g/mol. The van der Waals surface area contributed by atoms with E-state index in [4.69, 9.17) is 0 Å². The molecular weight excluding hydrogens is 228 g/mol. The van der Waals surface area contributed by atoms with Crippen LogP contribution in [-0.4, -0.2) is 0 Å². The normalized spacial score (nSPS) is 16.1. The Bertz CT molecular complexity index is 212. The fraction of sp³-hybridized carbons (Fsp3) is 1.00. The second-order valence-corrected chi connectivity index (χ2v) is 8.26. The maximum absolute atomic E-state index is 2.45. The molecule has 0 heterocycles. The van der Waals surface area contributed by atoms with Crippen LogP contribution in [0.3, 0.4) is 0 Å². The Morgan fingerprint density at radius 2 is 1.32 bits per heavy atom. The Kier molecular flexibility index (Phi) is 9.03. The zero-order valence-corrected chi connectivity index (χ0v) is 15.1. The van der Waals surface area contributed by atoms with E-state index >= 15 is 0 Å². The molecule has 19 heavy (non-hydrogen) atoms. The summed E-state index contributed by atoms with van der Waals surface area (Å²) in [6.07, 6.45) is 8.37. The van der Waals surface area contributed by atoms with Crippen molar-refractivity contribution in [2.24, 2.45) is 29.1 Å². The molecule has 0 aromatic carbocycles. The van der Waals surface area contributed by atoms with Gasteiger partial charge in [0.2, 0.25) is 0 Å². The van der Waals surface area contributed by atoms with E-state index in [2.05, 4.69) is 55.4 Å². The molecular formula is C19H40. The molecule has 0 bridgehead atoms. The molecule has 0 radical (unpaired) electrons. The van der Waals surface area contributed by atoms with Gasteiger partial charge in [-0.1, -0.05) is 68.2 Å². The van der Waals surface area contributed by atoms with Crippen LogP contribution in [0.1, 0.15) is 93.9 Å². The van der Waals surface area contributed by atoms with Crippen LogP contribution in [0.4, 0.5) is 0 Å². The van der Waals surface area contributed by atoms with Gasteiger partial charge >= 0.3 is 0 Å². The highest BCUT2D eigenvalue weighted by Gasteiger charge is 2.21. The van der Waals surface area contributed by atoms with Gasteiger partial charge in [0.1, 0.15) is 0 Å². The van der Waals surface area contributed by atoms with E-state index in [1.165, 1.54) is 38.5 Å². The molecule has 0 aliphatic heterocycles. The van der Waals surface area contributed by atoms with Gasteiger partial charge in [-0.3, -0.25) is 0 Å². The van der Waals surface area contributed by atoms with Crippen LogP contribution < -0.4 is 0 Å². The summed E-state index contributed by atoms with van der Waals surface area (Å²) in [5.41, 5.74) is 0.547. The molecule has 0 fully saturated rings. The van der Waals surface area contributed by atoms with Crippen molar-refractivity contribution < 1.29 is 0 Å². The molecule has 2 atom stereocenters. The van der Waals surface area contributed by atoms with Gasteiger partial charge in [0.25, 0.3) is 0 Å². The van der Waals surface area contributed by atoms with Gasteiger partial charge in [-0.05, 0) is 54.8 Å². The topological polar surface area (TPSA) is 0 Å². The van der Waals surface area contributed by atoms with Gasteiger partial charge in [-0.2, -0.15) is 0 Å². The summed E-state index contributed by atoms with van der Waals surface area (Å²) >= 11 is 0. The molecule has 0 aliphatic carbocycles. The molecule has 0 rings (SSSR count). The summed E-state index contributed by atoms with van der Waals surface area (Å²) in [6.45, 7) is 19.2. The fourth-order valence-electron chi connectivity index (χ4n) is 3.00. The third kappa shape index (κ3) is 8.71. The zero-order valence-electron chi connectivity index (χ0n) is 15.1. The average Bonchev–Trinajstić information content (AvgIpc) is 2.27. The van der Waals surface area contributed by atoms with Gasteiger partial charge in [0, 0.05) is 0 Å². The van der Waals surface area contributed by atoms with Crippen LogP contribution in [0.15, 0.2) is 0 Å². The largest absolute Gasteiger partial charge is 0.0654 e. The molecule has 0 spiro atoms. The highest BCUT2D eigenvalue weighted by atomic mass is 14.3. The van der Waals surface area contributed by atoms with E-state index in [9.17, 15) is 0 Å². The van der Waals surface area contributed by atoms with E-state index in [1.54, 1.807) is 0 Å². The molecule has 0 aliphatic rings. The lowest BCUT2D eigenvalue weighted by Crippen LogP contribution is -2.17. The van der Waals surface area contributed by atoms with Crippen LogP contribution in [0.25, 0.3) is 0 Å². The van der Waals surface area contributed by atoms with Crippen LogP contribution in [0, 0.1) is 29.1 Å². The van der Waals surface area contributed by atoms with Crippen LogP contribution in [0.2, 0.25) is 0 Å². The second-order valence-electron chi connectivity index (χ2n) is 8.26. The maximum Gasteiger partial charge on any atom is -0.0354 e. The standard InChI is InChI=1S/C19H40/c1-9-13-19(7,8)14-12-18(16(4)5)11-10-17(6)15(2)3/h15-18H,9-14H2,1-8H3. The van der Waals surface area contributed by atoms with E-state index in [0.29, 0.717) is 5.41 Å². The third-order valence-corrected chi connectivity index (χ3v) is 5.19. The third-order valence-electron chi connectivity index (χ3n) is 5.19. The van der Waals surface area contributed by atoms with E-state index < -0.39 is 0 Å². The summed E-state index contributed by atoms with van der Waals surface area (Å²) in [7, 11) is 0. The smallest absolute Gasteiger partial charge is 0.0354 e. The lowest BCUT2D eigenvalue weighted by Gasteiger charge is -2.29. The van der Waals surface area contributed by atoms with Crippen molar-refractivity contribution >= 4 is 0 Å². The number of hydrogen-bond acceptors (Lipinski definition) is 0. The van der Waals surface area contributed by atoms with Crippen molar-refractivity contribution in [2.45, 2.75) is 93.9 Å². The van der Waals surface area contributed by atoms with E-state index in [-0.39, 0.29) is 0 Å². The Labute approximate surface area is 123 Å². The number of hydrogen-bond donors (Lipinski definition) is 0. The molecule has 116 valence electrons. The monoisotopic (exact) mass is 268 g/mol. The van der Waals surface area contributed by atoms with Crippen molar-refractivity contribution in [1.82, 2.24) is 0 Å². The van der Waals surface area contributed by atoms with Gasteiger partial charge in [0.05, 0.1) is 0 Å². The summed E-state index contributed by atoms with van der Waals surface area (Å²) in [4.78, 5) is 0. The predicted octanol–water partition coefficient (Wildman–Crippen LogP) is 6.94. The highest BCUT2D eigenvalue weighted by molar-refractivity contribution is 4.73. The van der Waals surface area contributed by atoms with Crippen molar-refractivity contribution in [1.29, 1.82) is 0 Å². The first-order valence-electron chi connectivity index (χ1n) is 8.69. The summed E-state index contributed by atoms with van der Waals surface area (Å²) in [5.74, 6) is 3.49. The molecule has 2 unspecified atom stereocenters. The van der Waals surface area contributed by atoms with E-state index in [1.807, 2.05) is 0 Å². The first-order chi connectivity index (χ1) is 8.69. The minimum Gasteiger partial charge on any atom is -0.0654 e. The number of rotatable bonds is 10. The molecule has 0 saturated heterocycles. The quantitative estimate of drug-likeness (QED) is 0.402. The molecule has 0 nitrogen and oxygen atoms in total. The second kappa shape index (κ2) is 9.03. The van der Waals surface area contributed by atoms with Gasteiger partial charge in [0.15, 0.2) is 0 Å². The summed E-state index contributed by atoms with van der Waals surface area (Å²) in [5, 5.41) is 0. The highest BCUT2D eigenvalue weighted by Crippen LogP contribution is 2.34. The first kappa shape index (κ1) is 19.0. The molecule has 0 saturated carbocycles. The van der Waals surface area contributed by atoms with Crippen molar-refractivity contribution in [3.63, 3.8) is 0 Å². The zero-order chi connectivity index (χ0) is 15.1. The lowest BCUT2D eigenvalue weighted by molar-refractivity contribution is 0.223. The Balaban J connectivity index is 4.20. The fourth-order valence-corrected chi connectivity index (χ4v) is 3.00.